The van der Waals surface area contributed by atoms with Crippen LogP contribution in [0.4, 0.5) is 0 Å². The van der Waals surface area contributed by atoms with Crippen molar-refractivity contribution in [2.75, 3.05) is 13.2 Å². The van der Waals surface area contributed by atoms with E-state index in [1.165, 1.54) is 6.07 Å². The third kappa shape index (κ3) is 3.35. The zero-order valence-electron chi connectivity index (χ0n) is 11.3. The van der Waals surface area contributed by atoms with Crippen LogP contribution in [-0.2, 0) is 14.8 Å². The Morgan fingerprint density at radius 3 is 2.55 bits per heavy atom. The molecule has 110 valence electrons. The van der Waals surface area contributed by atoms with Gasteiger partial charge in [-0.1, -0.05) is 30.4 Å². The highest BCUT2D eigenvalue weighted by Crippen LogP contribution is 2.24. The lowest BCUT2D eigenvalue weighted by Crippen LogP contribution is -2.49. The number of sulfonamides is 1. The van der Waals surface area contributed by atoms with E-state index in [4.69, 9.17) is 22.7 Å². The monoisotopic (exact) mass is 314 g/mol. The molecule has 7 heteroatoms. The molecule has 0 aromatic heterocycles. The average molecular weight is 314 g/mol. The highest BCUT2D eigenvalue weighted by molar-refractivity contribution is 7.89. The van der Waals surface area contributed by atoms with E-state index in [1.807, 2.05) is 6.92 Å². The lowest BCUT2D eigenvalue weighted by molar-refractivity contribution is 0.0537. The van der Waals surface area contributed by atoms with Crippen molar-refractivity contribution in [1.29, 1.82) is 0 Å². The van der Waals surface area contributed by atoms with Crippen LogP contribution in [0.2, 0.25) is 0 Å². The van der Waals surface area contributed by atoms with Crippen molar-refractivity contribution >= 4 is 27.2 Å². The number of hydrogen-bond acceptors (Lipinski definition) is 4. The molecule has 0 unspecified atom stereocenters. The maximum absolute atomic E-state index is 12.6. The van der Waals surface area contributed by atoms with Crippen LogP contribution in [-0.4, -0.2) is 32.2 Å². The molecule has 2 rings (SSSR count). The van der Waals surface area contributed by atoms with Gasteiger partial charge in [0.1, 0.15) is 4.99 Å². The highest BCUT2D eigenvalue weighted by atomic mass is 32.2. The molecule has 3 N–H and O–H groups in total. The van der Waals surface area contributed by atoms with Gasteiger partial charge < -0.3 is 10.5 Å². The molecular weight excluding hydrogens is 296 g/mol. The molecule has 1 fully saturated rings. The zero-order chi connectivity index (χ0) is 14.8. The first-order chi connectivity index (χ1) is 9.34. The van der Waals surface area contributed by atoms with E-state index in [0.717, 1.165) is 0 Å². The first-order valence-corrected chi connectivity index (χ1v) is 8.24. The minimum absolute atomic E-state index is 0.0723. The van der Waals surface area contributed by atoms with E-state index in [1.54, 1.807) is 18.2 Å². The molecule has 0 atom stereocenters. The number of thiocarbonyl (C=S) groups is 1. The first-order valence-electron chi connectivity index (χ1n) is 6.35. The van der Waals surface area contributed by atoms with Crippen LogP contribution in [0.1, 0.15) is 25.3 Å². The van der Waals surface area contributed by atoms with E-state index >= 15 is 0 Å². The molecule has 0 spiro atoms. The molecule has 1 aliphatic heterocycles. The van der Waals surface area contributed by atoms with E-state index in [2.05, 4.69) is 4.72 Å². The highest BCUT2D eigenvalue weighted by Gasteiger charge is 2.33. The molecule has 1 saturated heterocycles. The Hall–Kier alpha value is -1.02. The fourth-order valence-corrected chi connectivity index (χ4v) is 4.14. The number of benzene rings is 1. The van der Waals surface area contributed by atoms with Gasteiger partial charge in [-0.15, -0.1) is 0 Å². The smallest absolute Gasteiger partial charge is 0.241 e. The van der Waals surface area contributed by atoms with Gasteiger partial charge in [-0.3, -0.25) is 0 Å². The SMILES string of the molecule is CC1(NS(=O)(=O)c2ccccc2C(N)=S)CCOCC1. The van der Waals surface area contributed by atoms with Gasteiger partial charge in [0.05, 0.1) is 4.90 Å². The van der Waals surface area contributed by atoms with Gasteiger partial charge in [0.15, 0.2) is 0 Å². The third-order valence-electron chi connectivity index (χ3n) is 3.42. The number of ether oxygens (including phenoxy) is 1. The Balaban J connectivity index is 2.33. The summed E-state index contributed by atoms with van der Waals surface area (Å²) >= 11 is 4.92. The van der Waals surface area contributed by atoms with Crippen molar-refractivity contribution in [3.63, 3.8) is 0 Å². The van der Waals surface area contributed by atoms with Gasteiger partial charge in [-0.2, -0.15) is 0 Å². The summed E-state index contributed by atoms with van der Waals surface area (Å²) in [4.78, 5) is 0.198. The Morgan fingerprint density at radius 1 is 1.35 bits per heavy atom. The number of nitrogens with one attached hydrogen (secondary N) is 1. The van der Waals surface area contributed by atoms with Crippen LogP contribution in [0.3, 0.4) is 0 Å². The summed E-state index contributed by atoms with van der Waals surface area (Å²) < 4.78 is 33.2. The minimum Gasteiger partial charge on any atom is -0.389 e. The van der Waals surface area contributed by atoms with Crippen LogP contribution < -0.4 is 10.5 Å². The standard InChI is InChI=1S/C13H18N2O3S2/c1-13(6-8-18-9-7-13)15-20(16,17)11-5-3-2-4-10(11)12(14)19/h2-5,15H,6-9H2,1H3,(H2,14,19). The van der Waals surface area contributed by atoms with Gasteiger partial charge in [0, 0.05) is 24.3 Å². The van der Waals surface area contributed by atoms with Crippen molar-refractivity contribution in [1.82, 2.24) is 4.72 Å². The molecule has 0 aliphatic carbocycles. The quantitative estimate of drug-likeness (QED) is 0.815. The second-order valence-corrected chi connectivity index (χ2v) is 7.23. The maximum atomic E-state index is 12.6. The first kappa shape index (κ1) is 15.4. The summed E-state index contributed by atoms with van der Waals surface area (Å²) in [5.41, 5.74) is 5.46. The lowest BCUT2D eigenvalue weighted by atomic mass is 9.94. The summed E-state index contributed by atoms with van der Waals surface area (Å²) in [5.74, 6) is 0. The zero-order valence-corrected chi connectivity index (χ0v) is 12.9. The summed E-state index contributed by atoms with van der Waals surface area (Å²) in [5, 5.41) is 0. The molecule has 0 saturated carbocycles. The average Bonchev–Trinajstić information content (AvgIpc) is 2.38. The molecule has 0 amide bonds. The molecule has 1 aliphatic rings. The van der Waals surface area contributed by atoms with Crippen molar-refractivity contribution in [3.8, 4) is 0 Å². The summed E-state index contributed by atoms with van der Waals surface area (Å²) in [6, 6.07) is 6.50. The van der Waals surface area contributed by atoms with E-state index in [9.17, 15) is 8.42 Å². The second kappa shape index (κ2) is 5.77. The Bertz CT molecular complexity index is 608. The van der Waals surface area contributed by atoms with Crippen LogP contribution in [0.5, 0.6) is 0 Å². The third-order valence-corrected chi connectivity index (χ3v) is 5.34. The molecule has 20 heavy (non-hydrogen) atoms. The molecule has 1 aromatic carbocycles. The predicted octanol–water partition coefficient (Wildman–Crippen LogP) is 1.17. The second-order valence-electron chi connectivity index (χ2n) is 5.14. The fraction of sp³-hybridized carbons (Fsp3) is 0.462. The van der Waals surface area contributed by atoms with Crippen molar-refractivity contribution < 1.29 is 13.2 Å². The minimum atomic E-state index is -3.67. The van der Waals surface area contributed by atoms with Gasteiger partial charge in [-0.05, 0) is 25.8 Å². The van der Waals surface area contributed by atoms with E-state index < -0.39 is 15.6 Å². The molecule has 1 aromatic rings. The molecule has 0 bridgehead atoms. The van der Waals surface area contributed by atoms with E-state index in [0.29, 0.717) is 31.6 Å². The Kier molecular flexibility index (Phi) is 4.43. The Labute approximate surface area is 124 Å². The Morgan fingerprint density at radius 2 is 1.95 bits per heavy atom. The summed E-state index contributed by atoms with van der Waals surface area (Å²) in [6.45, 7) is 2.99. The fourth-order valence-electron chi connectivity index (χ4n) is 2.21. The summed E-state index contributed by atoms with van der Waals surface area (Å²) in [7, 11) is -3.67. The summed E-state index contributed by atoms with van der Waals surface area (Å²) in [6.07, 6.45) is 1.28. The van der Waals surface area contributed by atoms with Crippen LogP contribution >= 0.6 is 12.2 Å². The number of rotatable bonds is 4. The normalized spacial score (nSPS) is 18.6. The van der Waals surface area contributed by atoms with Crippen molar-refractivity contribution in [2.45, 2.75) is 30.2 Å². The van der Waals surface area contributed by atoms with Gasteiger partial charge in [-0.25, -0.2) is 13.1 Å². The molecule has 0 radical (unpaired) electrons. The van der Waals surface area contributed by atoms with E-state index in [-0.39, 0.29) is 9.88 Å². The largest absolute Gasteiger partial charge is 0.389 e. The van der Waals surface area contributed by atoms with Crippen LogP contribution in [0.15, 0.2) is 29.2 Å². The number of hydrogen-bond donors (Lipinski definition) is 2. The van der Waals surface area contributed by atoms with Crippen LogP contribution in [0, 0.1) is 0 Å². The van der Waals surface area contributed by atoms with Gasteiger partial charge >= 0.3 is 0 Å². The molecule has 1 heterocycles. The van der Waals surface area contributed by atoms with Crippen LogP contribution in [0.25, 0.3) is 0 Å². The lowest BCUT2D eigenvalue weighted by Gasteiger charge is -2.34. The predicted molar refractivity (Wildman–Crippen MR) is 81.1 cm³/mol. The van der Waals surface area contributed by atoms with Gasteiger partial charge in [0.2, 0.25) is 10.0 Å². The van der Waals surface area contributed by atoms with Gasteiger partial charge in [0.25, 0.3) is 0 Å². The van der Waals surface area contributed by atoms with Crippen molar-refractivity contribution in [2.24, 2.45) is 5.73 Å². The molecule has 5 nitrogen and oxygen atoms in total. The number of nitrogens with two attached hydrogens (primary N) is 1. The maximum Gasteiger partial charge on any atom is 0.241 e. The van der Waals surface area contributed by atoms with Crippen molar-refractivity contribution in [3.05, 3.63) is 29.8 Å². The topological polar surface area (TPSA) is 81.4 Å². The molecular formula is C13H18N2O3S2.